The third-order valence-electron chi connectivity index (χ3n) is 5.77. The van der Waals surface area contributed by atoms with Crippen LogP contribution in [0.1, 0.15) is 45.4 Å². The van der Waals surface area contributed by atoms with Gasteiger partial charge in [-0.1, -0.05) is 6.42 Å². The Morgan fingerprint density at radius 1 is 1.32 bits per heavy atom. The van der Waals surface area contributed by atoms with Crippen LogP contribution in [0.4, 0.5) is 0 Å². The maximum Gasteiger partial charge on any atom is 0.306 e. The molecule has 0 aromatic heterocycles. The van der Waals surface area contributed by atoms with Crippen molar-refractivity contribution < 1.29 is 23.7 Å². The Balaban J connectivity index is 1.73. The zero-order chi connectivity index (χ0) is 12.9. The van der Waals surface area contributed by atoms with Crippen molar-refractivity contribution in [2.24, 2.45) is 5.92 Å². The number of hydrogen-bond donors (Lipinski definition) is 0. The van der Waals surface area contributed by atoms with Crippen molar-refractivity contribution in [2.45, 2.75) is 74.8 Å². The van der Waals surface area contributed by atoms with Crippen molar-refractivity contribution in [1.29, 1.82) is 0 Å². The highest BCUT2D eigenvalue weighted by atomic mass is 16.9. The highest BCUT2D eigenvalue weighted by molar-refractivity contribution is 5.72. The van der Waals surface area contributed by atoms with Gasteiger partial charge in [0.05, 0.1) is 12.5 Å². The van der Waals surface area contributed by atoms with Crippen molar-refractivity contribution in [2.75, 3.05) is 0 Å². The Kier molecular flexibility index (Phi) is 1.74. The van der Waals surface area contributed by atoms with Crippen molar-refractivity contribution in [3.05, 3.63) is 0 Å². The van der Waals surface area contributed by atoms with Crippen molar-refractivity contribution in [3.63, 3.8) is 0 Å². The third-order valence-corrected chi connectivity index (χ3v) is 5.77. The van der Waals surface area contributed by atoms with Gasteiger partial charge >= 0.3 is 5.97 Å². The molecule has 2 saturated carbocycles. The van der Waals surface area contributed by atoms with Crippen molar-refractivity contribution >= 4 is 5.97 Å². The third kappa shape index (κ3) is 1.09. The van der Waals surface area contributed by atoms with E-state index in [0.29, 0.717) is 6.42 Å². The van der Waals surface area contributed by atoms with Crippen LogP contribution >= 0.6 is 0 Å². The van der Waals surface area contributed by atoms with E-state index in [2.05, 4.69) is 0 Å². The van der Waals surface area contributed by atoms with Gasteiger partial charge in [-0.05, 0) is 12.8 Å². The van der Waals surface area contributed by atoms with Gasteiger partial charge in [-0.15, -0.1) is 0 Å². The second kappa shape index (κ2) is 3.00. The van der Waals surface area contributed by atoms with E-state index in [1.165, 1.54) is 0 Å². The highest BCUT2D eigenvalue weighted by Crippen LogP contribution is 2.66. The topological polar surface area (TPSA) is 54.0 Å². The van der Waals surface area contributed by atoms with E-state index in [1.807, 2.05) is 6.92 Å². The molecule has 19 heavy (non-hydrogen) atoms. The number of carbonyl (C=O) groups is 1. The summed E-state index contributed by atoms with van der Waals surface area (Å²) < 4.78 is 24.2. The maximum absolute atomic E-state index is 11.8. The molecule has 3 aliphatic heterocycles. The molecule has 5 nitrogen and oxygen atoms in total. The molecule has 2 aliphatic carbocycles. The molecule has 6 atom stereocenters. The summed E-state index contributed by atoms with van der Waals surface area (Å²) in [6.45, 7) is 1.86. The zero-order valence-corrected chi connectivity index (χ0v) is 11.0. The second-order valence-corrected chi connectivity index (χ2v) is 6.81. The largest absolute Gasteiger partial charge is 0.459 e. The molecule has 5 rings (SSSR count). The first-order chi connectivity index (χ1) is 9.05. The van der Waals surface area contributed by atoms with Gasteiger partial charge in [-0.2, -0.15) is 0 Å². The predicted molar refractivity (Wildman–Crippen MR) is 62.0 cm³/mol. The summed E-state index contributed by atoms with van der Waals surface area (Å²) in [7, 11) is 0. The molecule has 6 unspecified atom stereocenters. The fourth-order valence-electron chi connectivity index (χ4n) is 5.43. The van der Waals surface area contributed by atoms with Gasteiger partial charge in [-0.25, -0.2) is 0 Å². The van der Waals surface area contributed by atoms with Crippen LogP contribution in [0.2, 0.25) is 0 Å². The zero-order valence-electron chi connectivity index (χ0n) is 11.0. The Hall–Kier alpha value is -0.650. The average molecular weight is 266 g/mol. The molecular formula is C14H18O5. The summed E-state index contributed by atoms with van der Waals surface area (Å²) in [4.78, 5) is 11.8. The molecule has 5 fully saturated rings. The standard InChI is InChI=1S/C14H18O5/c1-12-17-9-6-10-14(19-12)8(5-11(15)16-10)3-2-4-13(14,7-9)18-12/h8-10H,2-7H2,1H3. The van der Waals surface area contributed by atoms with Gasteiger partial charge < -0.3 is 18.9 Å². The molecular weight excluding hydrogens is 248 g/mol. The number of carbonyl (C=O) groups excluding carboxylic acids is 1. The second-order valence-electron chi connectivity index (χ2n) is 6.81. The molecule has 5 heteroatoms. The van der Waals surface area contributed by atoms with E-state index >= 15 is 0 Å². The lowest BCUT2D eigenvalue weighted by atomic mass is 9.55. The van der Waals surface area contributed by atoms with E-state index in [0.717, 1.165) is 32.1 Å². The summed E-state index contributed by atoms with van der Waals surface area (Å²) in [5, 5.41) is 0. The molecule has 0 aromatic carbocycles. The molecule has 0 radical (unpaired) electrons. The average Bonchev–Trinajstić information content (AvgIpc) is 2.43. The van der Waals surface area contributed by atoms with Crippen LogP contribution in [0.15, 0.2) is 0 Å². The smallest absolute Gasteiger partial charge is 0.306 e. The van der Waals surface area contributed by atoms with Crippen LogP contribution < -0.4 is 0 Å². The van der Waals surface area contributed by atoms with Gasteiger partial charge in [0, 0.05) is 25.7 Å². The maximum atomic E-state index is 11.8. The van der Waals surface area contributed by atoms with Crippen LogP contribution in [-0.4, -0.2) is 35.4 Å². The van der Waals surface area contributed by atoms with Gasteiger partial charge in [-0.3, -0.25) is 4.79 Å². The van der Waals surface area contributed by atoms with Crippen LogP contribution in [0.25, 0.3) is 0 Å². The van der Waals surface area contributed by atoms with E-state index in [-0.39, 0.29) is 29.7 Å². The van der Waals surface area contributed by atoms with Gasteiger partial charge in [0.2, 0.25) is 0 Å². The summed E-state index contributed by atoms with van der Waals surface area (Å²) in [5.74, 6) is -0.808. The quantitative estimate of drug-likeness (QED) is 0.622. The first-order valence-corrected chi connectivity index (χ1v) is 7.33. The molecule has 0 amide bonds. The van der Waals surface area contributed by atoms with Gasteiger partial charge in [0.15, 0.2) is 0 Å². The van der Waals surface area contributed by atoms with Crippen molar-refractivity contribution in [3.8, 4) is 0 Å². The summed E-state index contributed by atoms with van der Waals surface area (Å²) in [6.07, 6.45) is 5.10. The number of ether oxygens (including phenoxy) is 4. The SMILES string of the molecule is CC12OC3CC4OC(=O)CC5CCCC(C3)(O1)C54O2. The monoisotopic (exact) mass is 266 g/mol. The van der Waals surface area contributed by atoms with E-state index < -0.39 is 11.6 Å². The van der Waals surface area contributed by atoms with Crippen LogP contribution in [0.3, 0.4) is 0 Å². The normalized spacial score (nSPS) is 61.7. The molecule has 5 aliphatic rings. The predicted octanol–water partition coefficient (Wildman–Crippen LogP) is 1.49. The number of esters is 1. The van der Waals surface area contributed by atoms with Crippen LogP contribution in [0.5, 0.6) is 0 Å². The summed E-state index contributed by atoms with van der Waals surface area (Å²) >= 11 is 0. The fourth-order valence-corrected chi connectivity index (χ4v) is 5.43. The van der Waals surface area contributed by atoms with Crippen molar-refractivity contribution in [1.82, 2.24) is 0 Å². The Bertz CT molecular complexity index is 478. The summed E-state index contributed by atoms with van der Waals surface area (Å²) in [6, 6.07) is 0. The Morgan fingerprint density at radius 2 is 2.21 bits per heavy atom. The number of rotatable bonds is 0. The lowest BCUT2D eigenvalue weighted by Crippen LogP contribution is -2.72. The molecule has 3 heterocycles. The van der Waals surface area contributed by atoms with Crippen LogP contribution in [-0.2, 0) is 23.7 Å². The molecule has 3 bridgehead atoms. The van der Waals surface area contributed by atoms with E-state index in [9.17, 15) is 4.79 Å². The van der Waals surface area contributed by atoms with Gasteiger partial charge in [0.1, 0.15) is 17.3 Å². The highest BCUT2D eigenvalue weighted by Gasteiger charge is 2.79. The Morgan fingerprint density at radius 3 is 3.11 bits per heavy atom. The minimum atomic E-state index is -0.940. The lowest BCUT2D eigenvalue weighted by molar-refractivity contribution is -0.376. The van der Waals surface area contributed by atoms with Gasteiger partial charge in [0.25, 0.3) is 5.97 Å². The molecule has 0 aromatic rings. The van der Waals surface area contributed by atoms with E-state index in [4.69, 9.17) is 18.9 Å². The molecule has 2 spiro atoms. The molecule has 3 saturated heterocycles. The lowest BCUT2D eigenvalue weighted by Gasteiger charge is -2.59. The minimum Gasteiger partial charge on any atom is -0.459 e. The Labute approximate surface area is 111 Å². The minimum absolute atomic E-state index is 0.0869. The number of fused-ring (bicyclic) bond motifs is 2. The molecule has 104 valence electrons. The molecule has 0 N–H and O–H groups in total. The first-order valence-electron chi connectivity index (χ1n) is 7.33. The number of hydrogen-bond acceptors (Lipinski definition) is 5. The van der Waals surface area contributed by atoms with E-state index in [1.54, 1.807) is 0 Å². The van der Waals surface area contributed by atoms with Crippen LogP contribution in [0, 0.1) is 5.92 Å². The first kappa shape index (κ1) is 11.1. The fraction of sp³-hybridized carbons (Fsp3) is 0.929. The summed E-state index contributed by atoms with van der Waals surface area (Å²) in [5.41, 5.74) is -0.752.